The van der Waals surface area contributed by atoms with E-state index in [1.54, 1.807) is 17.9 Å². The number of amides is 1. The number of sulfone groups is 1. The number of hydrogen-bond acceptors (Lipinski definition) is 9. The molecule has 188 valence electrons. The molecule has 4 atom stereocenters. The number of carbonyl (C=O) groups is 1. The Bertz CT molecular complexity index is 1070. The van der Waals surface area contributed by atoms with Gasteiger partial charge in [-0.1, -0.05) is 11.2 Å². The molecule has 3 aliphatic rings. The van der Waals surface area contributed by atoms with E-state index in [1.165, 1.54) is 0 Å². The first kappa shape index (κ1) is 24.8. The van der Waals surface area contributed by atoms with Crippen molar-refractivity contribution in [2.45, 2.75) is 50.8 Å². The lowest BCUT2D eigenvalue weighted by molar-refractivity contribution is -0.167. The molecular weight excluding hydrogens is 469 g/mol. The minimum absolute atomic E-state index is 0.00754. The van der Waals surface area contributed by atoms with E-state index in [1.807, 2.05) is 13.8 Å². The maximum atomic E-state index is 14.3. The van der Waals surface area contributed by atoms with Crippen LogP contribution in [0.1, 0.15) is 45.0 Å². The third kappa shape index (κ3) is 5.33. The summed E-state index contributed by atoms with van der Waals surface area (Å²) in [6.45, 7) is 7.28. The Morgan fingerprint density at radius 2 is 1.91 bits per heavy atom. The third-order valence-electron chi connectivity index (χ3n) is 6.18. The summed E-state index contributed by atoms with van der Waals surface area (Å²) in [6, 6.07) is 0. The van der Waals surface area contributed by atoms with Crippen LogP contribution in [0.4, 0.5) is 9.18 Å². The van der Waals surface area contributed by atoms with Gasteiger partial charge in [0.15, 0.2) is 9.84 Å². The molecule has 2 bridgehead atoms. The Morgan fingerprint density at radius 3 is 2.50 bits per heavy atom. The van der Waals surface area contributed by atoms with Crippen molar-refractivity contribution in [1.82, 2.24) is 15.0 Å². The number of halogens is 1. The third-order valence-corrected chi connectivity index (χ3v) is 7.63. The van der Waals surface area contributed by atoms with Crippen LogP contribution in [-0.4, -0.2) is 79.6 Å². The van der Waals surface area contributed by atoms with Gasteiger partial charge in [0.25, 0.3) is 5.89 Å². The SMILES string of the molecule is CC(C)OC(=O)N1CC2COCC(C1)C2O[C@H](C)c1nc(C2=CCC(S(C)(=O)=O)C(F)=C2)no1. The highest BCUT2D eigenvalue weighted by molar-refractivity contribution is 7.91. The number of rotatable bonds is 6. The van der Waals surface area contributed by atoms with Crippen LogP contribution in [0.3, 0.4) is 0 Å². The van der Waals surface area contributed by atoms with Crippen molar-refractivity contribution in [3.8, 4) is 0 Å². The van der Waals surface area contributed by atoms with E-state index < -0.39 is 27.0 Å². The molecule has 12 heteroatoms. The number of aromatic nitrogens is 2. The molecule has 3 unspecified atom stereocenters. The molecule has 0 saturated carbocycles. The van der Waals surface area contributed by atoms with Crippen LogP contribution < -0.4 is 0 Å². The second kappa shape index (κ2) is 9.74. The van der Waals surface area contributed by atoms with Gasteiger partial charge in [0, 0.05) is 36.8 Å². The molecule has 1 amide bonds. The van der Waals surface area contributed by atoms with E-state index in [9.17, 15) is 17.6 Å². The Hall–Kier alpha value is -2.31. The van der Waals surface area contributed by atoms with E-state index >= 15 is 0 Å². The Balaban J connectivity index is 1.41. The second-order valence-corrected chi connectivity index (χ2v) is 11.6. The molecule has 0 N–H and O–H groups in total. The van der Waals surface area contributed by atoms with Crippen molar-refractivity contribution in [2.75, 3.05) is 32.6 Å². The van der Waals surface area contributed by atoms with Crippen molar-refractivity contribution in [3.63, 3.8) is 0 Å². The van der Waals surface area contributed by atoms with Gasteiger partial charge in [-0.2, -0.15) is 4.98 Å². The normalized spacial score (nSPS) is 28.4. The molecule has 10 nitrogen and oxygen atoms in total. The predicted octanol–water partition coefficient (Wildman–Crippen LogP) is 2.69. The van der Waals surface area contributed by atoms with Gasteiger partial charge in [-0.05, 0) is 33.3 Å². The van der Waals surface area contributed by atoms with Crippen molar-refractivity contribution >= 4 is 21.5 Å². The van der Waals surface area contributed by atoms with Crippen LogP contribution in [0.2, 0.25) is 0 Å². The number of piperidine rings is 1. The van der Waals surface area contributed by atoms with E-state index in [0.717, 1.165) is 12.3 Å². The minimum Gasteiger partial charge on any atom is -0.447 e. The maximum Gasteiger partial charge on any atom is 0.410 e. The standard InChI is InChI=1S/C22H30FN3O7S/c1-12(2)31-22(27)26-8-15-10-30-11-16(9-26)19(15)32-13(3)21-24-20(25-33-21)14-5-6-18(17(23)7-14)34(4,28)29/h5,7,12-13,15-16,18-19H,6,8-11H2,1-4H3/t13-,15?,16?,18?,19?/m1/s1. The van der Waals surface area contributed by atoms with Gasteiger partial charge in [0.2, 0.25) is 5.82 Å². The Kier molecular flexibility index (Phi) is 7.11. The monoisotopic (exact) mass is 499 g/mol. The first-order valence-electron chi connectivity index (χ1n) is 11.3. The minimum atomic E-state index is -3.54. The van der Waals surface area contributed by atoms with Gasteiger partial charge in [0.1, 0.15) is 17.2 Å². The van der Waals surface area contributed by atoms with Crippen LogP contribution >= 0.6 is 0 Å². The maximum absolute atomic E-state index is 14.3. The summed E-state index contributed by atoms with van der Waals surface area (Å²) in [4.78, 5) is 18.4. The van der Waals surface area contributed by atoms with Gasteiger partial charge >= 0.3 is 6.09 Å². The molecule has 1 aliphatic carbocycles. The summed E-state index contributed by atoms with van der Waals surface area (Å²) >= 11 is 0. The largest absolute Gasteiger partial charge is 0.447 e. The number of allylic oxidation sites excluding steroid dienone is 3. The highest BCUT2D eigenvalue weighted by atomic mass is 32.2. The van der Waals surface area contributed by atoms with Crippen molar-refractivity contribution in [1.29, 1.82) is 0 Å². The number of hydrogen-bond donors (Lipinski definition) is 0. The average molecular weight is 500 g/mol. The molecule has 0 radical (unpaired) electrons. The number of fused-ring (bicyclic) bond motifs is 2. The highest BCUT2D eigenvalue weighted by Gasteiger charge is 2.44. The molecular formula is C22H30FN3O7S. The predicted molar refractivity (Wildman–Crippen MR) is 119 cm³/mol. The molecule has 0 aromatic carbocycles. The fraction of sp³-hybridized carbons (Fsp3) is 0.682. The lowest BCUT2D eigenvalue weighted by atomic mass is 9.84. The van der Waals surface area contributed by atoms with Crippen LogP contribution in [0.25, 0.3) is 5.57 Å². The first-order chi connectivity index (χ1) is 16.0. The van der Waals surface area contributed by atoms with Gasteiger partial charge in [-0.3, -0.25) is 0 Å². The molecule has 2 saturated heterocycles. The summed E-state index contributed by atoms with van der Waals surface area (Å²) in [5, 5.41) is 2.74. The van der Waals surface area contributed by atoms with Crippen molar-refractivity contribution in [2.24, 2.45) is 11.8 Å². The van der Waals surface area contributed by atoms with Crippen LogP contribution in [-0.2, 0) is 24.0 Å². The van der Waals surface area contributed by atoms with Crippen molar-refractivity contribution in [3.05, 3.63) is 29.7 Å². The first-order valence-corrected chi connectivity index (χ1v) is 13.3. The molecule has 4 rings (SSSR count). The number of likely N-dealkylation sites (tertiary alicyclic amines) is 1. The van der Waals surface area contributed by atoms with Gasteiger partial charge in [-0.15, -0.1) is 0 Å². The lowest BCUT2D eigenvalue weighted by Gasteiger charge is -2.46. The smallest absolute Gasteiger partial charge is 0.410 e. The zero-order valence-corrected chi connectivity index (χ0v) is 20.5. The molecule has 0 spiro atoms. The molecule has 3 heterocycles. The zero-order chi connectivity index (χ0) is 24.6. The molecule has 1 aromatic heterocycles. The number of carbonyl (C=O) groups excluding carboxylic acids is 1. The fourth-order valence-electron chi connectivity index (χ4n) is 4.54. The summed E-state index contributed by atoms with van der Waals surface area (Å²) < 4.78 is 60.4. The van der Waals surface area contributed by atoms with Gasteiger partial charge in [0.05, 0.1) is 25.4 Å². The van der Waals surface area contributed by atoms with E-state index in [2.05, 4.69) is 10.1 Å². The number of ether oxygens (including phenoxy) is 3. The van der Waals surface area contributed by atoms with Crippen LogP contribution in [0.5, 0.6) is 0 Å². The molecule has 1 aromatic rings. The molecule has 2 fully saturated rings. The number of nitrogens with zero attached hydrogens (tertiary/aromatic N) is 3. The van der Waals surface area contributed by atoms with Crippen LogP contribution in [0, 0.1) is 11.8 Å². The quantitative estimate of drug-likeness (QED) is 0.581. The summed E-state index contributed by atoms with van der Waals surface area (Å²) in [6.07, 6.45) is 2.50. The highest BCUT2D eigenvalue weighted by Crippen LogP contribution is 2.35. The average Bonchev–Trinajstić information content (AvgIpc) is 3.22. The fourth-order valence-corrected chi connectivity index (χ4v) is 5.46. The lowest BCUT2D eigenvalue weighted by Crippen LogP contribution is -2.58. The second-order valence-electron chi connectivity index (χ2n) is 9.34. The summed E-state index contributed by atoms with van der Waals surface area (Å²) in [5.74, 6) is -0.393. The molecule has 2 aliphatic heterocycles. The summed E-state index contributed by atoms with van der Waals surface area (Å²) in [5.41, 5.74) is 0.363. The van der Waals surface area contributed by atoms with Gasteiger partial charge in [-0.25, -0.2) is 17.6 Å². The van der Waals surface area contributed by atoms with E-state index in [4.69, 9.17) is 18.7 Å². The topological polar surface area (TPSA) is 121 Å². The van der Waals surface area contributed by atoms with Gasteiger partial charge < -0.3 is 23.6 Å². The zero-order valence-electron chi connectivity index (χ0n) is 19.6. The van der Waals surface area contributed by atoms with Crippen LogP contribution in [0.15, 0.2) is 22.5 Å². The molecule has 34 heavy (non-hydrogen) atoms. The summed E-state index contributed by atoms with van der Waals surface area (Å²) in [7, 11) is -3.54. The Morgan fingerprint density at radius 1 is 1.24 bits per heavy atom. The Labute approximate surface area is 198 Å². The van der Waals surface area contributed by atoms with E-state index in [-0.39, 0.29) is 48.3 Å². The van der Waals surface area contributed by atoms with Crippen molar-refractivity contribution < 1.29 is 36.3 Å². The van der Waals surface area contributed by atoms with E-state index in [0.29, 0.717) is 31.9 Å².